The van der Waals surface area contributed by atoms with Crippen LogP contribution in [-0.4, -0.2) is 10.6 Å². The topological polar surface area (TPSA) is 48.1 Å². The summed E-state index contributed by atoms with van der Waals surface area (Å²) in [6, 6.07) is 9.66. The maximum atomic E-state index is 6.19. The molecule has 3 nitrogen and oxygen atoms in total. The standard InChI is InChI=1S/C17H22N2O/c1-4-5-6-12-17(2,3)20-15-9-7-8-14-13(15)10-11-16(18)19-14/h4-5,7-11H,6,12H2,1-3H3,(H2,18,19). The SMILES string of the molecule is CC=CCCC(C)(C)Oc1cccc2nc(N)ccc12. The lowest BCUT2D eigenvalue weighted by Gasteiger charge is -2.26. The number of benzene rings is 1. The molecule has 0 saturated heterocycles. The van der Waals surface area contributed by atoms with Gasteiger partial charge in [0.1, 0.15) is 17.2 Å². The zero-order valence-electron chi connectivity index (χ0n) is 12.4. The van der Waals surface area contributed by atoms with Crippen molar-refractivity contribution < 1.29 is 4.74 Å². The normalized spacial score (nSPS) is 12.2. The summed E-state index contributed by atoms with van der Waals surface area (Å²) in [4.78, 5) is 4.33. The van der Waals surface area contributed by atoms with Gasteiger partial charge in [0, 0.05) is 5.39 Å². The fourth-order valence-corrected chi connectivity index (χ4v) is 2.18. The summed E-state index contributed by atoms with van der Waals surface area (Å²) in [6.45, 7) is 6.26. The van der Waals surface area contributed by atoms with Crippen molar-refractivity contribution in [2.45, 2.75) is 39.2 Å². The Kier molecular flexibility index (Phi) is 4.28. The van der Waals surface area contributed by atoms with Crippen LogP contribution in [0.4, 0.5) is 5.82 Å². The largest absolute Gasteiger partial charge is 0.487 e. The van der Waals surface area contributed by atoms with E-state index >= 15 is 0 Å². The van der Waals surface area contributed by atoms with E-state index in [1.165, 1.54) is 0 Å². The molecular weight excluding hydrogens is 248 g/mol. The lowest BCUT2D eigenvalue weighted by molar-refractivity contribution is 0.103. The second-order valence-electron chi connectivity index (χ2n) is 5.53. The Morgan fingerprint density at radius 1 is 1.25 bits per heavy atom. The minimum atomic E-state index is -0.213. The number of nitrogen functional groups attached to an aromatic ring is 1. The van der Waals surface area contributed by atoms with Crippen LogP contribution in [0, 0.1) is 0 Å². The average molecular weight is 270 g/mol. The number of rotatable bonds is 5. The zero-order valence-corrected chi connectivity index (χ0v) is 12.4. The molecular formula is C17H22N2O. The van der Waals surface area contributed by atoms with E-state index in [2.05, 4.69) is 31.0 Å². The van der Waals surface area contributed by atoms with Crippen molar-refractivity contribution in [2.75, 3.05) is 5.73 Å². The van der Waals surface area contributed by atoms with Gasteiger partial charge in [0.25, 0.3) is 0 Å². The Hall–Kier alpha value is -2.03. The number of nitrogens with zero attached hydrogens (tertiary/aromatic N) is 1. The van der Waals surface area contributed by atoms with E-state index in [-0.39, 0.29) is 5.60 Å². The van der Waals surface area contributed by atoms with Gasteiger partial charge in [0.15, 0.2) is 0 Å². The maximum absolute atomic E-state index is 6.19. The average Bonchev–Trinajstić information content (AvgIpc) is 2.38. The van der Waals surface area contributed by atoms with E-state index in [9.17, 15) is 0 Å². The molecule has 106 valence electrons. The van der Waals surface area contributed by atoms with Crippen molar-refractivity contribution in [3.05, 3.63) is 42.5 Å². The molecule has 0 aliphatic rings. The van der Waals surface area contributed by atoms with Gasteiger partial charge in [-0.2, -0.15) is 0 Å². The molecule has 0 atom stereocenters. The molecule has 2 rings (SSSR count). The van der Waals surface area contributed by atoms with Crippen molar-refractivity contribution in [3.63, 3.8) is 0 Å². The first-order valence-electron chi connectivity index (χ1n) is 6.97. The number of hydrogen-bond donors (Lipinski definition) is 1. The molecule has 0 fully saturated rings. The summed E-state index contributed by atoms with van der Waals surface area (Å²) in [5.74, 6) is 1.39. The maximum Gasteiger partial charge on any atom is 0.129 e. The molecule has 3 heteroatoms. The summed E-state index contributed by atoms with van der Waals surface area (Å²) in [7, 11) is 0. The minimum Gasteiger partial charge on any atom is -0.487 e. The molecule has 0 bridgehead atoms. The molecule has 0 spiro atoms. The number of nitrogens with two attached hydrogens (primary N) is 1. The highest BCUT2D eigenvalue weighted by Crippen LogP contribution is 2.29. The molecule has 0 radical (unpaired) electrons. The zero-order chi connectivity index (χ0) is 14.6. The Labute approximate surface area is 120 Å². The third-order valence-electron chi connectivity index (χ3n) is 3.25. The van der Waals surface area contributed by atoms with Gasteiger partial charge in [-0.15, -0.1) is 0 Å². The molecule has 1 aromatic heterocycles. The lowest BCUT2D eigenvalue weighted by Crippen LogP contribution is -2.27. The van der Waals surface area contributed by atoms with Gasteiger partial charge in [0.2, 0.25) is 0 Å². The van der Waals surface area contributed by atoms with Crippen molar-refractivity contribution in [1.82, 2.24) is 4.98 Å². The first kappa shape index (κ1) is 14.4. The van der Waals surface area contributed by atoms with Crippen LogP contribution in [-0.2, 0) is 0 Å². The van der Waals surface area contributed by atoms with Crippen LogP contribution in [0.15, 0.2) is 42.5 Å². The molecule has 0 amide bonds. The molecule has 1 aromatic carbocycles. The van der Waals surface area contributed by atoms with E-state index in [4.69, 9.17) is 10.5 Å². The van der Waals surface area contributed by atoms with Crippen molar-refractivity contribution in [2.24, 2.45) is 0 Å². The van der Waals surface area contributed by atoms with Gasteiger partial charge >= 0.3 is 0 Å². The minimum absolute atomic E-state index is 0.213. The monoisotopic (exact) mass is 270 g/mol. The fourth-order valence-electron chi connectivity index (χ4n) is 2.18. The summed E-state index contributed by atoms with van der Waals surface area (Å²) in [5, 5.41) is 1.00. The molecule has 2 aromatic rings. The van der Waals surface area contributed by atoms with Gasteiger partial charge in [-0.25, -0.2) is 4.98 Å². The predicted molar refractivity (Wildman–Crippen MR) is 84.9 cm³/mol. The number of fused-ring (bicyclic) bond motifs is 1. The molecule has 0 saturated carbocycles. The van der Waals surface area contributed by atoms with Crippen LogP contribution in [0.25, 0.3) is 10.9 Å². The number of pyridine rings is 1. The molecule has 0 aliphatic carbocycles. The van der Waals surface area contributed by atoms with Crippen LogP contribution < -0.4 is 10.5 Å². The van der Waals surface area contributed by atoms with Crippen molar-refractivity contribution in [3.8, 4) is 5.75 Å². The Bertz CT molecular complexity index is 617. The number of aromatic nitrogens is 1. The Morgan fingerprint density at radius 3 is 2.80 bits per heavy atom. The fraction of sp³-hybridized carbons (Fsp3) is 0.353. The summed E-state index contributed by atoms with van der Waals surface area (Å²) < 4.78 is 6.19. The summed E-state index contributed by atoms with van der Waals surface area (Å²) in [6.07, 6.45) is 6.22. The first-order chi connectivity index (χ1) is 9.52. The number of hydrogen-bond acceptors (Lipinski definition) is 3. The number of allylic oxidation sites excluding steroid dienone is 2. The van der Waals surface area contributed by atoms with E-state index in [0.29, 0.717) is 5.82 Å². The second kappa shape index (κ2) is 5.95. The highest BCUT2D eigenvalue weighted by atomic mass is 16.5. The van der Waals surface area contributed by atoms with Crippen molar-refractivity contribution >= 4 is 16.7 Å². The van der Waals surface area contributed by atoms with Gasteiger partial charge < -0.3 is 10.5 Å². The van der Waals surface area contributed by atoms with Crippen LogP contribution >= 0.6 is 0 Å². The molecule has 0 unspecified atom stereocenters. The Balaban J connectivity index is 2.24. The van der Waals surface area contributed by atoms with E-state index in [1.54, 1.807) is 0 Å². The van der Waals surface area contributed by atoms with E-state index < -0.39 is 0 Å². The van der Waals surface area contributed by atoms with Crippen LogP contribution in [0.2, 0.25) is 0 Å². The van der Waals surface area contributed by atoms with Crippen LogP contribution in [0.3, 0.4) is 0 Å². The van der Waals surface area contributed by atoms with Gasteiger partial charge in [-0.1, -0.05) is 18.2 Å². The third kappa shape index (κ3) is 3.50. The van der Waals surface area contributed by atoms with Gasteiger partial charge in [-0.05, 0) is 57.9 Å². The van der Waals surface area contributed by atoms with Crippen LogP contribution in [0.5, 0.6) is 5.75 Å². The van der Waals surface area contributed by atoms with Gasteiger partial charge in [-0.3, -0.25) is 0 Å². The molecule has 1 heterocycles. The quantitative estimate of drug-likeness (QED) is 0.823. The highest BCUT2D eigenvalue weighted by Gasteiger charge is 2.20. The van der Waals surface area contributed by atoms with Gasteiger partial charge in [0.05, 0.1) is 5.52 Å². The number of anilines is 1. The highest BCUT2D eigenvalue weighted by molar-refractivity contribution is 5.86. The van der Waals surface area contributed by atoms with Crippen LogP contribution in [0.1, 0.15) is 33.6 Å². The summed E-state index contributed by atoms with van der Waals surface area (Å²) >= 11 is 0. The predicted octanol–water partition coefficient (Wildman–Crippen LogP) is 4.33. The molecule has 2 N–H and O–H groups in total. The molecule has 20 heavy (non-hydrogen) atoms. The third-order valence-corrected chi connectivity index (χ3v) is 3.25. The molecule has 0 aliphatic heterocycles. The Morgan fingerprint density at radius 2 is 2.05 bits per heavy atom. The smallest absolute Gasteiger partial charge is 0.129 e. The summed E-state index contributed by atoms with van der Waals surface area (Å²) in [5.41, 5.74) is 6.38. The lowest BCUT2D eigenvalue weighted by atomic mass is 10.0. The van der Waals surface area contributed by atoms with Crippen molar-refractivity contribution in [1.29, 1.82) is 0 Å². The van der Waals surface area contributed by atoms with E-state index in [1.807, 2.05) is 37.3 Å². The number of ether oxygens (including phenoxy) is 1. The first-order valence-corrected chi connectivity index (χ1v) is 6.97. The second-order valence-corrected chi connectivity index (χ2v) is 5.53. The van der Waals surface area contributed by atoms with E-state index in [0.717, 1.165) is 29.5 Å².